The van der Waals surface area contributed by atoms with Crippen LogP contribution in [0.15, 0.2) is 72.8 Å². The molecule has 2 aliphatic rings. The summed E-state index contributed by atoms with van der Waals surface area (Å²) in [7, 11) is 0. The molecule has 3 nitrogen and oxygen atoms in total. The molecule has 0 spiro atoms. The number of halogens is 2. The van der Waals surface area contributed by atoms with Crippen LogP contribution in [0.5, 0.6) is 0 Å². The summed E-state index contributed by atoms with van der Waals surface area (Å²) < 4.78 is 17.9. The zero-order valence-corrected chi connectivity index (χ0v) is 19.1. The number of H-pyrrole nitrogens is 1. The van der Waals surface area contributed by atoms with Crippen molar-refractivity contribution in [2.45, 2.75) is 12.5 Å². The first-order chi connectivity index (χ1) is 15.2. The summed E-state index contributed by atoms with van der Waals surface area (Å²) in [5.41, 5.74) is 5.21. The van der Waals surface area contributed by atoms with E-state index in [0.717, 1.165) is 23.2 Å². The molecule has 0 saturated carbocycles. The molecule has 0 radical (unpaired) electrons. The first kappa shape index (κ1) is 19.0. The number of alkyl halides is 2. The Balaban J connectivity index is 1.48. The van der Waals surface area contributed by atoms with Crippen molar-refractivity contribution in [1.82, 2.24) is 9.88 Å². The average molecular weight is 524 g/mol. The number of aromatic amines is 1. The van der Waals surface area contributed by atoms with Gasteiger partial charge >= 0.3 is 184 Å². The second kappa shape index (κ2) is 7.48. The number of nitrogens with zero attached hydrogens (tertiary/aromatic N) is 1. The molecule has 3 heterocycles. The second-order valence-corrected chi connectivity index (χ2v) is 14.1. The van der Waals surface area contributed by atoms with E-state index >= 15 is 0 Å². The second-order valence-electron chi connectivity index (χ2n) is 8.11. The molecule has 0 bridgehead atoms. The molecule has 5 heteroatoms. The van der Waals surface area contributed by atoms with Crippen molar-refractivity contribution >= 4 is 36.6 Å². The van der Waals surface area contributed by atoms with Crippen LogP contribution in [0.1, 0.15) is 33.2 Å². The van der Waals surface area contributed by atoms with E-state index in [4.69, 9.17) is 0 Å². The Morgan fingerprint density at radius 1 is 1.00 bits per heavy atom. The van der Waals surface area contributed by atoms with Gasteiger partial charge in [-0.15, -0.1) is 0 Å². The van der Waals surface area contributed by atoms with Crippen molar-refractivity contribution in [3.63, 3.8) is 0 Å². The fourth-order valence-electron chi connectivity index (χ4n) is 4.64. The van der Waals surface area contributed by atoms with E-state index in [-0.39, 0.29) is 17.8 Å². The Hall–Kier alpha value is -2.67. The van der Waals surface area contributed by atoms with Crippen LogP contribution in [-0.2, 0) is 6.42 Å². The van der Waals surface area contributed by atoms with E-state index in [0.29, 0.717) is 12.1 Å². The van der Waals surface area contributed by atoms with Gasteiger partial charge in [-0.2, -0.15) is 0 Å². The van der Waals surface area contributed by atoms with Crippen LogP contribution in [0, 0.1) is 9.39 Å². The van der Waals surface area contributed by atoms with Crippen LogP contribution < -0.4 is 0 Å². The summed E-state index contributed by atoms with van der Waals surface area (Å²) in [5.74, 6) is -0.395. The minimum absolute atomic E-state index is 0.0646. The Labute approximate surface area is 187 Å². The van der Waals surface area contributed by atoms with Gasteiger partial charge in [0.1, 0.15) is 0 Å². The van der Waals surface area contributed by atoms with Crippen LogP contribution in [0.2, 0.25) is 0 Å². The fourth-order valence-corrected chi connectivity index (χ4v) is 8.90. The molecule has 0 aliphatic carbocycles. The molecule has 3 aromatic carbocycles. The van der Waals surface area contributed by atoms with E-state index in [1.54, 1.807) is 15.7 Å². The van der Waals surface area contributed by atoms with Crippen LogP contribution in [0.3, 0.4) is 0 Å². The summed E-state index contributed by atoms with van der Waals surface area (Å²) in [4.78, 5) is 19.1. The fraction of sp³-hybridized carbons (Fsp3) is 0.192. The molecular formula is C26H22FIN2O. The Kier molecular flexibility index (Phi) is 4.60. The number of carbonyl (C=O) groups excluding carboxylic acids is 1. The number of hydrogen-bond donors (Lipinski definition) is 1. The number of aromatic nitrogens is 1. The number of hydrogen-bond acceptors (Lipinski definition) is 1. The normalized spacial score (nSPS) is 18.8. The van der Waals surface area contributed by atoms with Crippen molar-refractivity contribution in [1.29, 1.82) is 0 Å². The van der Waals surface area contributed by atoms with E-state index in [9.17, 15) is 9.18 Å². The number of fused-ring (bicyclic) bond motifs is 3. The summed E-state index contributed by atoms with van der Waals surface area (Å²) in [6.45, 7) is 0.641. The van der Waals surface area contributed by atoms with E-state index in [1.165, 1.54) is 31.9 Å². The Morgan fingerprint density at radius 2 is 1.77 bits per heavy atom. The van der Waals surface area contributed by atoms with Gasteiger partial charge in [-0.25, -0.2) is 4.39 Å². The van der Waals surface area contributed by atoms with Crippen LogP contribution in [0.25, 0.3) is 10.9 Å². The molecule has 1 unspecified atom stereocenters. The first-order valence-electron chi connectivity index (χ1n) is 10.6. The van der Waals surface area contributed by atoms with Gasteiger partial charge in [-0.1, -0.05) is 0 Å². The van der Waals surface area contributed by atoms with Crippen molar-refractivity contribution < 1.29 is 9.18 Å². The Morgan fingerprint density at radius 3 is 2.52 bits per heavy atom. The zero-order valence-electron chi connectivity index (χ0n) is 16.9. The van der Waals surface area contributed by atoms with Crippen LogP contribution in [0.4, 0.5) is 4.39 Å². The van der Waals surface area contributed by atoms with Gasteiger partial charge < -0.3 is 0 Å². The third-order valence-corrected chi connectivity index (χ3v) is 10.8. The zero-order chi connectivity index (χ0) is 20.9. The third-order valence-electron chi connectivity index (χ3n) is 6.24. The minimum atomic E-state index is -0.833. The van der Waals surface area contributed by atoms with Gasteiger partial charge in [0.05, 0.1) is 0 Å². The predicted molar refractivity (Wildman–Crippen MR) is 130 cm³/mol. The number of amides is 1. The van der Waals surface area contributed by atoms with Crippen molar-refractivity contribution in [2.75, 3.05) is 15.4 Å². The van der Waals surface area contributed by atoms with Crippen molar-refractivity contribution in [2.24, 2.45) is 0 Å². The molecule has 1 N–H and O–H groups in total. The monoisotopic (exact) mass is 524 g/mol. The van der Waals surface area contributed by atoms with E-state index in [2.05, 4.69) is 35.3 Å². The molecule has 4 aromatic rings. The third kappa shape index (κ3) is 3.35. The van der Waals surface area contributed by atoms with Gasteiger partial charge in [-0.3, -0.25) is 0 Å². The maximum atomic E-state index is 13.5. The molecule has 1 saturated heterocycles. The predicted octanol–water partition coefficient (Wildman–Crippen LogP) is 5.78. The molecule has 1 amide bonds. The molecular weight excluding hydrogens is 502 g/mol. The van der Waals surface area contributed by atoms with Crippen LogP contribution in [-0.4, -0.2) is 31.2 Å². The molecule has 2 aliphatic heterocycles. The van der Waals surface area contributed by atoms with Gasteiger partial charge in [0.2, 0.25) is 0 Å². The van der Waals surface area contributed by atoms with Crippen molar-refractivity contribution in [3.05, 3.63) is 105 Å². The number of benzene rings is 3. The Bertz CT molecular complexity index is 1280. The molecule has 156 valence electrons. The summed E-state index contributed by atoms with van der Waals surface area (Å²) in [6.07, 6.45) is 0.823. The van der Waals surface area contributed by atoms with Crippen LogP contribution >= 0.6 is 19.8 Å². The van der Waals surface area contributed by atoms with Gasteiger partial charge in [-0.05, 0) is 0 Å². The van der Waals surface area contributed by atoms with Gasteiger partial charge in [0, 0.05) is 0 Å². The molecule has 1 atom stereocenters. The van der Waals surface area contributed by atoms with E-state index in [1.807, 2.05) is 23.1 Å². The SMILES string of the molecule is O=C(c1ccc(F)cc1)N1CCc2c([nH]c3ccc(I4CC4)cc23)C1c1ccccc1. The first-order valence-corrected chi connectivity index (χ1v) is 14.7. The van der Waals surface area contributed by atoms with Gasteiger partial charge in [0.15, 0.2) is 0 Å². The summed E-state index contributed by atoms with van der Waals surface area (Å²) in [6, 6.07) is 22.8. The van der Waals surface area contributed by atoms with Crippen molar-refractivity contribution in [3.8, 4) is 0 Å². The summed E-state index contributed by atoms with van der Waals surface area (Å²) in [5, 5.41) is 1.33. The maximum absolute atomic E-state index is 13.5. The van der Waals surface area contributed by atoms with Gasteiger partial charge in [0.25, 0.3) is 0 Å². The molecule has 6 rings (SSSR count). The number of nitrogens with one attached hydrogen (secondary N) is 1. The standard InChI is InChI=1S/C26H22FIN2O/c27-19-8-6-18(7-9-19)26(31)30-15-12-21-22-16-20(28-13-14-28)10-11-23(22)29-24(21)25(30)17-4-2-1-3-5-17/h1-11,16,25,29H,12-15H2. The number of carbonyl (C=O) groups is 1. The quantitative estimate of drug-likeness (QED) is 0.268. The molecule has 1 aromatic heterocycles. The topological polar surface area (TPSA) is 36.1 Å². The number of rotatable bonds is 3. The summed E-state index contributed by atoms with van der Waals surface area (Å²) >= 11 is -0.833. The molecule has 31 heavy (non-hydrogen) atoms. The molecule has 1 fully saturated rings. The van der Waals surface area contributed by atoms with E-state index < -0.39 is 19.8 Å². The average Bonchev–Trinajstić information content (AvgIpc) is 3.59.